The van der Waals surface area contributed by atoms with Crippen LogP contribution < -0.4 is 29.5 Å². The maximum atomic E-state index is 13.4. The van der Waals surface area contributed by atoms with Gasteiger partial charge in [-0.3, -0.25) is 23.7 Å². The predicted molar refractivity (Wildman–Crippen MR) is 505 cm³/mol. The molecule has 0 fully saturated rings. The van der Waals surface area contributed by atoms with Gasteiger partial charge in [-0.25, -0.2) is 9.64 Å². The minimum atomic E-state index is -1.36. The van der Waals surface area contributed by atoms with Crippen LogP contribution in [-0.2, 0) is 67.2 Å². The molecule has 0 atom stereocenters. The van der Waals surface area contributed by atoms with Crippen molar-refractivity contribution in [1.82, 2.24) is 4.57 Å². The number of carboxylic acids is 2. The number of carboxylic acid groups (broad SMARTS) is 2. The van der Waals surface area contributed by atoms with Crippen molar-refractivity contribution < 1.29 is 38.9 Å². The van der Waals surface area contributed by atoms with Gasteiger partial charge in [0.15, 0.2) is 5.57 Å². The van der Waals surface area contributed by atoms with Crippen molar-refractivity contribution in [2.45, 2.75) is 220 Å². The second-order valence-electron chi connectivity index (χ2n) is 31.5. The smallest absolute Gasteiger partial charge is 0.349 e. The highest BCUT2D eigenvalue weighted by atomic mass is 32.1. The lowest BCUT2D eigenvalue weighted by Gasteiger charge is -2.27. The molecule has 0 spiro atoms. The average Bonchev–Trinajstić information content (AvgIpc) is 1.64. The third-order valence-corrected chi connectivity index (χ3v) is 23.7. The largest absolute Gasteiger partial charge is 0.486 e. The highest BCUT2D eigenvalue weighted by Crippen LogP contribution is 2.41. The number of carbonyl (C=O) groups is 4. The molecule has 0 saturated carbocycles. The van der Waals surface area contributed by atoms with Crippen LogP contribution in [0.25, 0.3) is 46.5 Å². The number of rotatable bonds is 42. The van der Waals surface area contributed by atoms with Crippen molar-refractivity contribution >= 4 is 106 Å². The van der Waals surface area contributed by atoms with Crippen molar-refractivity contribution in [2.24, 2.45) is 0 Å². The van der Waals surface area contributed by atoms with Crippen LogP contribution in [0, 0.1) is 47.5 Å². The molecule has 0 amide bonds. The summed E-state index contributed by atoms with van der Waals surface area (Å²) < 4.78 is 11.0. The molecule has 17 nitrogen and oxygen atoms in total. The van der Waals surface area contributed by atoms with E-state index in [1.165, 1.54) is 225 Å². The van der Waals surface area contributed by atoms with Gasteiger partial charge in [-0.1, -0.05) is 283 Å². The number of anilines is 6. The lowest BCUT2D eigenvalue weighted by atomic mass is 10.0. The third-order valence-electron chi connectivity index (χ3n) is 22.6. The number of hydrogen-bond acceptors (Lipinski definition) is 14. The van der Waals surface area contributed by atoms with Gasteiger partial charge in [-0.05, 0) is 217 Å². The molecule has 124 heavy (non-hydrogen) atoms. The first-order chi connectivity index (χ1) is 60.7. The van der Waals surface area contributed by atoms with Gasteiger partial charge in [0.25, 0.3) is 24.2 Å². The van der Waals surface area contributed by atoms with Crippen molar-refractivity contribution in [3.05, 3.63) is 298 Å². The maximum Gasteiger partial charge on any atom is 0.349 e. The first kappa shape index (κ1) is 95.0. The minimum Gasteiger partial charge on any atom is -0.486 e. The molecule has 1 aromatic heterocycles. The molecule has 3 aliphatic rings. The van der Waals surface area contributed by atoms with Crippen molar-refractivity contribution in [3.63, 3.8) is 0 Å². The van der Waals surface area contributed by atoms with Crippen LogP contribution in [-0.4, -0.2) is 59.3 Å². The lowest BCUT2D eigenvalue weighted by molar-refractivity contribution is -0.132. The van der Waals surface area contributed by atoms with Gasteiger partial charge in [0.05, 0.1) is 16.8 Å². The van der Waals surface area contributed by atoms with Crippen LogP contribution in [0.5, 0.6) is 0 Å². The van der Waals surface area contributed by atoms with Crippen molar-refractivity contribution in [3.8, 4) is 23.9 Å². The molecular weight excluding hydrogens is 1560 g/mol. The van der Waals surface area contributed by atoms with Crippen molar-refractivity contribution in [2.75, 3.05) is 34.3 Å². The van der Waals surface area contributed by atoms with Gasteiger partial charge in [0.2, 0.25) is 11.5 Å². The van der Waals surface area contributed by atoms with Crippen LogP contribution in [0.15, 0.2) is 210 Å². The summed E-state index contributed by atoms with van der Waals surface area (Å²) in [5, 5.41) is 46.3. The Balaban J connectivity index is 0.000000211. The summed E-state index contributed by atoms with van der Waals surface area (Å²) in [7, 11) is 0. The first-order valence-electron chi connectivity index (χ1n) is 44.3. The SMILES string of the molecule is CCCCCCCCCCCCCCCCCCN1c2ccccc2CCc2cc(/C=C/C=C(/C#N)OC=O)ccc21.CCCCCCN1c2ccccc2CCc2cc(/C=C/C=c3/s/c(=C(/C#N)C(=O)O)n(-c4ccc(C)cc4)c3=O)ccc21.[C-]#[N+]/C(=C/C=C/c1ccc2c(c1)CCc1cc(/C=C/C=C(/C#N)OC=O)ccc1N2CCCCCC)C(=O)O. The zero-order valence-electron chi connectivity index (χ0n) is 72.5. The number of ether oxygens (including phenoxy) is 2. The second kappa shape index (κ2) is 52.5. The normalized spacial score (nSPS) is 13.4. The minimum absolute atomic E-state index is 0.0172. The standard InChI is InChI=1S/C38H52N2O2.C36H35N3O3S.C32H31N3O4/c1-2-3-4-5-6-7-8-9-10-11-12-13-14-15-16-19-29-40-37-24-18-17-22-34(37)26-27-35-30-33(25-28-38(35)40)21-20-23-36(31-39)42-32-41;1-3-4-5-8-22-38-31-12-7-6-11-27(31)17-18-28-23-26(16-21-32(28)38)10-9-13-33-34(40)39(29-19-14-25(2)15-20-29)35(43-33)30(24-37)36(41)42;1-3-4-5-6-19-35-30-17-13-24(9-7-11-28(22-33)39-23-36)20-26(30)15-16-27-21-25(14-18-31(27)35)10-8-12-29(34-2)32(37)38/h17-18,20-25,28,30,32H,2-16,19,26-27,29H2,1H3;6-7,9-16,19-21,23H,3-5,8,17-18,22H2,1-2H3,(H,41,42);7-14,17-18,20-21,23H,3-6,15-16,19H2,1H3,(H,37,38)/b21-20+,36-23-;10-9+,33-13+,35-30-;9-7+,10-8+,28-11-,29-12+. The molecule has 0 saturated heterocycles. The number of nitrogens with zero attached hydrogens (tertiary/aromatic N) is 8. The topological polar surface area (TPSA) is 235 Å². The summed E-state index contributed by atoms with van der Waals surface area (Å²) in [5.41, 5.74) is 19.8. The zero-order valence-corrected chi connectivity index (χ0v) is 73.3. The van der Waals surface area contributed by atoms with E-state index in [9.17, 15) is 34.3 Å². The van der Waals surface area contributed by atoms with Crippen LogP contribution in [0.2, 0.25) is 0 Å². The molecule has 3 aliphatic heterocycles. The summed E-state index contributed by atoms with van der Waals surface area (Å²) in [4.78, 5) is 67.8. The summed E-state index contributed by atoms with van der Waals surface area (Å²) in [6.45, 7) is 19.1. The van der Waals surface area contributed by atoms with Gasteiger partial charge in [-0.15, -0.1) is 11.3 Å². The number of aryl methyl sites for hydroxylation is 7. The second-order valence-corrected chi connectivity index (χ2v) is 32.5. The Bertz CT molecular complexity index is 5520. The number of nitriles is 3. The van der Waals surface area contributed by atoms with Crippen LogP contribution >= 0.6 is 11.3 Å². The molecular formula is C106H118N8O9S. The fourth-order valence-corrected chi connectivity index (χ4v) is 17.1. The Morgan fingerprint density at radius 3 is 1.12 bits per heavy atom. The summed E-state index contributed by atoms with van der Waals surface area (Å²) >= 11 is 1.01. The number of para-hydroxylation sites is 2. The molecule has 11 rings (SSSR count). The molecule has 7 aromatic carbocycles. The maximum absolute atomic E-state index is 13.4. The molecule has 18 heteroatoms. The average molecular weight is 1680 g/mol. The summed E-state index contributed by atoms with van der Waals surface area (Å²) in [6.07, 6.45) is 57.7. The van der Waals surface area contributed by atoms with E-state index in [2.05, 4.69) is 159 Å². The Kier molecular flexibility index (Phi) is 40.2. The molecule has 8 aromatic rings. The van der Waals surface area contributed by atoms with Crippen molar-refractivity contribution in [1.29, 1.82) is 15.8 Å². The Hall–Kier alpha value is -12.9. The number of hydrogen-bond donors (Lipinski definition) is 2. The number of carbonyl (C=O) groups excluding carboxylic acids is 2. The monoisotopic (exact) mass is 1680 g/mol. The number of fused-ring (bicyclic) bond motifs is 6. The molecule has 2 N–H and O–H groups in total. The highest BCUT2D eigenvalue weighted by Gasteiger charge is 2.25. The van der Waals surface area contributed by atoms with E-state index in [0.29, 0.717) is 10.2 Å². The Morgan fingerprint density at radius 2 is 0.774 bits per heavy atom. The highest BCUT2D eigenvalue weighted by molar-refractivity contribution is 7.07. The van der Waals surface area contributed by atoms with E-state index < -0.39 is 17.5 Å². The van der Waals surface area contributed by atoms with Gasteiger partial charge >= 0.3 is 11.9 Å². The van der Waals surface area contributed by atoms with Crippen LogP contribution in [0.3, 0.4) is 0 Å². The number of allylic oxidation sites excluding steroid dienone is 9. The number of aliphatic carboxylic acids is 2. The van der Waals surface area contributed by atoms with Crippen LogP contribution in [0.1, 0.15) is 236 Å². The zero-order chi connectivity index (χ0) is 88.1. The number of unbranched alkanes of at least 4 members (excludes halogenated alkanes) is 21. The van der Waals surface area contributed by atoms with Gasteiger partial charge < -0.3 is 34.4 Å². The van der Waals surface area contributed by atoms with E-state index in [1.807, 2.05) is 73.7 Å². The lowest BCUT2D eigenvalue weighted by Crippen LogP contribution is -2.31. The van der Waals surface area contributed by atoms with E-state index >= 15 is 0 Å². The Morgan fingerprint density at radius 1 is 0.435 bits per heavy atom. The number of aromatic nitrogens is 1. The summed E-state index contributed by atoms with van der Waals surface area (Å²) in [6, 6.07) is 55.9. The van der Waals surface area contributed by atoms with E-state index in [0.717, 1.165) is 117 Å². The van der Waals surface area contributed by atoms with Gasteiger partial charge in [0.1, 0.15) is 22.9 Å². The van der Waals surface area contributed by atoms with E-state index in [4.69, 9.17) is 22.2 Å². The van der Waals surface area contributed by atoms with E-state index in [1.54, 1.807) is 42.5 Å². The van der Waals surface area contributed by atoms with E-state index in [-0.39, 0.29) is 40.4 Å². The predicted octanol–water partition coefficient (Wildman–Crippen LogP) is 24.1. The number of thiazole rings is 1. The molecule has 0 bridgehead atoms. The van der Waals surface area contributed by atoms with Gasteiger partial charge in [0, 0.05) is 53.8 Å². The third kappa shape index (κ3) is 28.9. The molecule has 4 heterocycles. The van der Waals surface area contributed by atoms with Gasteiger partial charge in [-0.2, -0.15) is 15.8 Å². The molecule has 0 unspecified atom stereocenters. The molecule has 0 radical (unpaired) electrons. The number of benzene rings is 7. The van der Waals surface area contributed by atoms with Crippen LogP contribution in [0.4, 0.5) is 34.1 Å². The Labute approximate surface area is 737 Å². The summed E-state index contributed by atoms with van der Waals surface area (Å²) in [5.74, 6) is -2.69. The quantitative estimate of drug-likeness (QED) is 0.00688. The fourth-order valence-electron chi connectivity index (χ4n) is 16.0. The molecule has 0 aliphatic carbocycles. The fraction of sp³-hybridized carbons (Fsp3) is 0.349. The molecule has 642 valence electrons. The first-order valence-corrected chi connectivity index (χ1v) is 45.1.